The Bertz CT molecular complexity index is 327. The minimum absolute atomic E-state index is 0.000532. The van der Waals surface area contributed by atoms with Gasteiger partial charge < -0.3 is 10.6 Å². The first-order valence-electron chi connectivity index (χ1n) is 8.94. The molecular formula is C17H33N3O. The van der Waals surface area contributed by atoms with Gasteiger partial charge in [-0.1, -0.05) is 20.8 Å². The Hall–Kier alpha value is -0.610. The summed E-state index contributed by atoms with van der Waals surface area (Å²) in [5.74, 6) is 0.275. The molecule has 0 aliphatic carbocycles. The number of carbonyl (C=O) groups is 1. The monoisotopic (exact) mass is 295 g/mol. The molecule has 0 bridgehead atoms. The lowest BCUT2D eigenvalue weighted by Gasteiger charge is -2.38. The SMILES string of the molecule is CCC(CC)(CC)NC(=O)C1CCCN1C1CCNCC1. The summed E-state index contributed by atoms with van der Waals surface area (Å²) in [5.41, 5.74) is -0.000532. The number of amides is 1. The molecule has 0 aromatic rings. The van der Waals surface area contributed by atoms with E-state index in [-0.39, 0.29) is 17.5 Å². The first-order valence-corrected chi connectivity index (χ1v) is 8.94. The van der Waals surface area contributed by atoms with Crippen LogP contribution in [0.5, 0.6) is 0 Å². The Balaban J connectivity index is 1.99. The van der Waals surface area contributed by atoms with E-state index in [0.29, 0.717) is 6.04 Å². The molecule has 0 radical (unpaired) electrons. The summed E-state index contributed by atoms with van der Waals surface area (Å²) < 4.78 is 0. The van der Waals surface area contributed by atoms with Gasteiger partial charge in [0.25, 0.3) is 0 Å². The highest BCUT2D eigenvalue weighted by molar-refractivity contribution is 5.82. The number of likely N-dealkylation sites (tertiary alicyclic amines) is 1. The summed E-state index contributed by atoms with van der Waals surface area (Å²) in [6.45, 7) is 9.85. The van der Waals surface area contributed by atoms with Crippen LogP contribution in [0.4, 0.5) is 0 Å². The zero-order valence-corrected chi connectivity index (χ0v) is 14.1. The second kappa shape index (κ2) is 7.59. The van der Waals surface area contributed by atoms with E-state index in [2.05, 4.69) is 36.3 Å². The van der Waals surface area contributed by atoms with Crippen molar-refractivity contribution in [3.8, 4) is 0 Å². The molecule has 2 heterocycles. The molecule has 0 aromatic heterocycles. The van der Waals surface area contributed by atoms with Crippen LogP contribution in [0.1, 0.15) is 65.7 Å². The molecule has 1 amide bonds. The number of hydrogen-bond donors (Lipinski definition) is 2. The number of nitrogens with one attached hydrogen (secondary N) is 2. The Morgan fingerprint density at radius 2 is 1.76 bits per heavy atom. The average molecular weight is 295 g/mol. The zero-order chi connectivity index (χ0) is 15.3. The lowest BCUT2D eigenvalue weighted by Crippen LogP contribution is -2.56. The standard InChI is InChI=1S/C17H33N3O/c1-4-17(5-2,6-3)19-16(21)15-8-7-13-20(15)14-9-11-18-12-10-14/h14-15,18H,4-13H2,1-3H3,(H,19,21). The second-order valence-electron chi connectivity index (χ2n) is 6.71. The average Bonchev–Trinajstić information content (AvgIpc) is 3.03. The van der Waals surface area contributed by atoms with Crippen molar-refractivity contribution in [3.63, 3.8) is 0 Å². The second-order valence-corrected chi connectivity index (χ2v) is 6.71. The van der Waals surface area contributed by atoms with Crippen molar-refractivity contribution in [1.82, 2.24) is 15.5 Å². The van der Waals surface area contributed by atoms with E-state index in [4.69, 9.17) is 0 Å². The maximum Gasteiger partial charge on any atom is 0.237 e. The van der Waals surface area contributed by atoms with Crippen LogP contribution in [0.15, 0.2) is 0 Å². The van der Waals surface area contributed by atoms with Gasteiger partial charge in [0.15, 0.2) is 0 Å². The molecule has 122 valence electrons. The molecule has 1 unspecified atom stereocenters. The molecule has 21 heavy (non-hydrogen) atoms. The quantitative estimate of drug-likeness (QED) is 0.790. The van der Waals surface area contributed by atoms with Gasteiger partial charge in [-0.15, -0.1) is 0 Å². The molecule has 0 spiro atoms. The predicted molar refractivity (Wildman–Crippen MR) is 87.4 cm³/mol. The van der Waals surface area contributed by atoms with E-state index in [1.807, 2.05) is 0 Å². The van der Waals surface area contributed by atoms with Gasteiger partial charge in [0.1, 0.15) is 0 Å². The van der Waals surface area contributed by atoms with Gasteiger partial charge in [-0.2, -0.15) is 0 Å². The molecule has 4 heteroatoms. The molecule has 2 N–H and O–H groups in total. The fraction of sp³-hybridized carbons (Fsp3) is 0.941. The summed E-state index contributed by atoms with van der Waals surface area (Å²) in [5, 5.41) is 6.81. The lowest BCUT2D eigenvalue weighted by molar-refractivity contribution is -0.128. The first-order chi connectivity index (χ1) is 10.2. The van der Waals surface area contributed by atoms with Crippen LogP contribution in [0.3, 0.4) is 0 Å². The van der Waals surface area contributed by atoms with Crippen molar-refractivity contribution in [2.75, 3.05) is 19.6 Å². The van der Waals surface area contributed by atoms with E-state index in [9.17, 15) is 4.79 Å². The zero-order valence-electron chi connectivity index (χ0n) is 14.1. The number of carbonyl (C=O) groups excluding carboxylic acids is 1. The van der Waals surface area contributed by atoms with Crippen molar-refractivity contribution in [2.24, 2.45) is 0 Å². The smallest absolute Gasteiger partial charge is 0.237 e. The molecule has 0 aromatic carbocycles. The Morgan fingerprint density at radius 1 is 1.14 bits per heavy atom. The van der Waals surface area contributed by atoms with Crippen LogP contribution in [0, 0.1) is 0 Å². The third kappa shape index (κ3) is 3.78. The number of nitrogens with zero attached hydrogens (tertiary/aromatic N) is 1. The van der Waals surface area contributed by atoms with Gasteiger partial charge in [0.05, 0.1) is 6.04 Å². The third-order valence-electron chi connectivity index (χ3n) is 5.79. The van der Waals surface area contributed by atoms with Crippen molar-refractivity contribution in [3.05, 3.63) is 0 Å². The molecule has 4 nitrogen and oxygen atoms in total. The fourth-order valence-corrected chi connectivity index (χ4v) is 4.01. The largest absolute Gasteiger partial charge is 0.349 e. The van der Waals surface area contributed by atoms with Gasteiger partial charge in [0, 0.05) is 11.6 Å². The minimum Gasteiger partial charge on any atom is -0.349 e. The summed E-state index contributed by atoms with van der Waals surface area (Å²) in [4.78, 5) is 15.3. The highest BCUT2D eigenvalue weighted by Crippen LogP contribution is 2.26. The predicted octanol–water partition coefficient (Wildman–Crippen LogP) is 2.29. The van der Waals surface area contributed by atoms with E-state index in [1.54, 1.807) is 0 Å². The molecule has 2 saturated heterocycles. The highest BCUT2D eigenvalue weighted by atomic mass is 16.2. The maximum atomic E-state index is 12.8. The summed E-state index contributed by atoms with van der Waals surface area (Å²) in [6.07, 6.45) is 7.63. The molecule has 2 aliphatic heterocycles. The van der Waals surface area contributed by atoms with Gasteiger partial charge in [0.2, 0.25) is 5.91 Å². The van der Waals surface area contributed by atoms with Crippen molar-refractivity contribution >= 4 is 5.91 Å². The molecule has 0 saturated carbocycles. The summed E-state index contributed by atoms with van der Waals surface area (Å²) in [6, 6.07) is 0.709. The first kappa shape index (κ1) is 16.8. The number of piperidine rings is 1. The van der Waals surface area contributed by atoms with Gasteiger partial charge in [-0.05, 0) is 64.6 Å². The van der Waals surface area contributed by atoms with E-state index in [0.717, 1.165) is 45.3 Å². The third-order valence-corrected chi connectivity index (χ3v) is 5.79. The molecule has 1 atom stereocenters. The number of hydrogen-bond acceptors (Lipinski definition) is 3. The van der Waals surface area contributed by atoms with E-state index < -0.39 is 0 Å². The van der Waals surface area contributed by atoms with Crippen LogP contribution >= 0.6 is 0 Å². The summed E-state index contributed by atoms with van der Waals surface area (Å²) >= 11 is 0. The van der Waals surface area contributed by atoms with Crippen molar-refractivity contribution in [1.29, 1.82) is 0 Å². The molecular weight excluding hydrogens is 262 g/mol. The summed E-state index contributed by atoms with van der Waals surface area (Å²) in [7, 11) is 0. The highest BCUT2D eigenvalue weighted by Gasteiger charge is 2.38. The molecule has 2 fully saturated rings. The van der Waals surface area contributed by atoms with Crippen LogP contribution in [0.25, 0.3) is 0 Å². The normalized spacial score (nSPS) is 25.2. The molecule has 2 aliphatic rings. The Kier molecular flexibility index (Phi) is 6.06. The van der Waals surface area contributed by atoms with Crippen molar-refractivity contribution < 1.29 is 4.79 Å². The topological polar surface area (TPSA) is 44.4 Å². The van der Waals surface area contributed by atoms with Crippen LogP contribution < -0.4 is 10.6 Å². The van der Waals surface area contributed by atoms with Crippen molar-refractivity contribution in [2.45, 2.75) is 83.3 Å². The van der Waals surface area contributed by atoms with Crippen LogP contribution in [-0.2, 0) is 4.79 Å². The van der Waals surface area contributed by atoms with Gasteiger partial charge in [-0.25, -0.2) is 0 Å². The Labute approximate surface area is 130 Å². The Morgan fingerprint density at radius 3 is 2.33 bits per heavy atom. The fourth-order valence-electron chi connectivity index (χ4n) is 4.01. The van der Waals surface area contributed by atoms with Gasteiger partial charge >= 0.3 is 0 Å². The molecule has 2 rings (SSSR count). The van der Waals surface area contributed by atoms with Crippen LogP contribution in [0.2, 0.25) is 0 Å². The lowest BCUT2D eigenvalue weighted by atomic mass is 9.89. The van der Waals surface area contributed by atoms with E-state index >= 15 is 0 Å². The number of rotatable bonds is 6. The minimum atomic E-state index is -0.000532. The van der Waals surface area contributed by atoms with Gasteiger partial charge in [-0.3, -0.25) is 9.69 Å². The maximum absolute atomic E-state index is 12.8. The van der Waals surface area contributed by atoms with E-state index in [1.165, 1.54) is 19.3 Å². The van der Waals surface area contributed by atoms with Crippen LogP contribution in [-0.4, -0.2) is 48.1 Å².